The Balaban J connectivity index is 2.13. The van der Waals surface area contributed by atoms with Crippen LogP contribution in [0.15, 0.2) is 36.4 Å². The number of thiocarbonyl (C=S) groups is 1. The second-order valence-corrected chi connectivity index (χ2v) is 5.01. The van der Waals surface area contributed by atoms with Crippen LogP contribution in [0.3, 0.4) is 0 Å². The second kappa shape index (κ2) is 7.09. The summed E-state index contributed by atoms with van der Waals surface area (Å²) in [7, 11) is 3.15. The fraction of sp³-hybridized carbons (Fsp3) is 0.188. The van der Waals surface area contributed by atoms with Crippen molar-refractivity contribution in [3.05, 3.63) is 47.8 Å². The molecule has 0 radical (unpaired) electrons. The molecule has 2 N–H and O–H groups in total. The number of hydrogen-bond acceptors (Lipinski definition) is 3. The Bertz CT molecular complexity index is 692. The minimum Gasteiger partial charge on any atom is -0.497 e. The predicted molar refractivity (Wildman–Crippen MR) is 90.5 cm³/mol. The molecule has 0 fully saturated rings. The van der Waals surface area contributed by atoms with Crippen molar-refractivity contribution in [1.29, 1.82) is 0 Å². The summed E-state index contributed by atoms with van der Waals surface area (Å²) in [5, 5.41) is 6.34. The van der Waals surface area contributed by atoms with E-state index in [4.69, 9.17) is 21.7 Å². The summed E-state index contributed by atoms with van der Waals surface area (Å²) < 4.78 is 23.7. The first-order valence-corrected chi connectivity index (χ1v) is 7.00. The maximum atomic E-state index is 13.3. The van der Waals surface area contributed by atoms with Crippen molar-refractivity contribution in [2.45, 2.75) is 6.92 Å². The molecule has 0 bridgehead atoms. The molecule has 0 aliphatic rings. The quantitative estimate of drug-likeness (QED) is 0.835. The average Bonchev–Trinajstić information content (AvgIpc) is 2.51. The molecule has 0 spiro atoms. The van der Waals surface area contributed by atoms with E-state index in [2.05, 4.69) is 10.6 Å². The number of halogens is 1. The molecule has 0 amide bonds. The highest BCUT2D eigenvalue weighted by Gasteiger charge is 2.08. The summed E-state index contributed by atoms with van der Waals surface area (Å²) in [6.07, 6.45) is 0. The Morgan fingerprint density at radius 2 is 1.73 bits per heavy atom. The Kier molecular flexibility index (Phi) is 5.16. The van der Waals surface area contributed by atoms with E-state index in [0.29, 0.717) is 28.0 Å². The minimum absolute atomic E-state index is 0.321. The molecule has 0 aliphatic heterocycles. The zero-order valence-corrected chi connectivity index (χ0v) is 13.4. The highest BCUT2D eigenvalue weighted by atomic mass is 32.1. The number of ether oxygens (including phenoxy) is 2. The van der Waals surface area contributed by atoms with Gasteiger partial charge >= 0.3 is 0 Å². The van der Waals surface area contributed by atoms with Crippen LogP contribution in [-0.2, 0) is 0 Å². The van der Waals surface area contributed by atoms with Crippen molar-refractivity contribution >= 4 is 28.7 Å². The monoisotopic (exact) mass is 320 g/mol. The summed E-state index contributed by atoms with van der Waals surface area (Å²) in [5.41, 5.74) is 2.20. The largest absolute Gasteiger partial charge is 0.497 e. The number of rotatable bonds is 4. The minimum atomic E-state index is -0.321. The van der Waals surface area contributed by atoms with Crippen LogP contribution < -0.4 is 20.1 Å². The standard InChI is InChI=1S/C16H17FN2O2S/c1-10-4-5-11(17)8-14(10)19-16(22)18-13-7-6-12(20-2)9-15(13)21-3/h4-9H,1-3H3,(H2,18,19,22). The SMILES string of the molecule is COc1ccc(NC(=S)Nc2cc(F)ccc2C)c(OC)c1. The molecule has 116 valence electrons. The van der Waals surface area contributed by atoms with Gasteiger partial charge in [0.05, 0.1) is 19.9 Å². The molecule has 0 aromatic heterocycles. The number of nitrogens with one attached hydrogen (secondary N) is 2. The Morgan fingerprint density at radius 3 is 2.41 bits per heavy atom. The molecular weight excluding hydrogens is 303 g/mol. The molecule has 2 aromatic carbocycles. The van der Waals surface area contributed by atoms with Crippen molar-refractivity contribution in [2.24, 2.45) is 0 Å². The van der Waals surface area contributed by atoms with Crippen LogP contribution in [0.2, 0.25) is 0 Å². The van der Waals surface area contributed by atoms with Gasteiger partial charge in [-0.25, -0.2) is 4.39 Å². The Hall–Kier alpha value is -2.34. The van der Waals surface area contributed by atoms with Crippen LogP contribution in [0, 0.1) is 12.7 Å². The van der Waals surface area contributed by atoms with Crippen molar-refractivity contribution in [1.82, 2.24) is 0 Å². The number of anilines is 2. The van der Waals surface area contributed by atoms with Crippen LogP contribution >= 0.6 is 12.2 Å². The molecule has 2 rings (SSSR count). The summed E-state index contributed by atoms with van der Waals surface area (Å²) in [4.78, 5) is 0. The highest BCUT2D eigenvalue weighted by molar-refractivity contribution is 7.80. The maximum Gasteiger partial charge on any atom is 0.175 e. The van der Waals surface area contributed by atoms with E-state index in [1.165, 1.54) is 12.1 Å². The first-order valence-electron chi connectivity index (χ1n) is 6.59. The van der Waals surface area contributed by atoms with Crippen LogP contribution in [0.25, 0.3) is 0 Å². The molecule has 22 heavy (non-hydrogen) atoms. The van der Waals surface area contributed by atoms with Gasteiger partial charge in [-0.05, 0) is 49.0 Å². The van der Waals surface area contributed by atoms with Gasteiger partial charge in [0.1, 0.15) is 17.3 Å². The third-order valence-corrected chi connectivity index (χ3v) is 3.31. The molecule has 2 aromatic rings. The van der Waals surface area contributed by atoms with Crippen LogP contribution in [-0.4, -0.2) is 19.3 Å². The van der Waals surface area contributed by atoms with Gasteiger partial charge in [-0.3, -0.25) is 0 Å². The molecule has 0 aliphatic carbocycles. The molecule has 0 saturated carbocycles. The lowest BCUT2D eigenvalue weighted by atomic mass is 10.2. The fourth-order valence-electron chi connectivity index (χ4n) is 1.91. The van der Waals surface area contributed by atoms with Gasteiger partial charge in [-0.2, -0.15) is 0 Å². The van der Waals surface area contributed by atoms with Gasteiger partial charge in [0.15, 0.2) is 5.11 Å². The van der Waals surface area contributed by atoms with Gasteiger partial charge < -0.3 is 20.1 Å². The molecular formula is C16H17FN2O2S. The summed E-state index contributed by atoms with van der Waals surface area (Å²) in [6, 6.07) is 9.83. The van der Waals surface area contributed by atoms with E-state index in [9.17, 15) is 4.39 Å². The van der Waals surface area contributed by atoms with Gasteiger partial charge in [-0.15, -0.1) is 0 Å². The smallest absolute Gasteiger partial charge is 0.175 e. The Labute approximate surface area is 134 Å². The first kappa shape index (κ1) is 16.0. The van der Waals surface area contributed by atoms with Crippen molar-refractivity contribution < 1.29 is 13.9 Å². The normalized spacial score (nSPS) is 10.0. The number of benzene rings is 2. The van der Waals surface area contributed by atoms with Gasteiger partial charge in [0.2, 0.25) is 0 Å². The van der Waals surface area contributed by atoms with Gasteiger partial charge in [0.25, 0.3) is 0 Å². The summed E-state index contributed by atoms with van der Waals surface area (Å²) in [5.74, 6) is 0.958. The van der Waals surface area contributed by atoms with Gasteiger partial charge in [-0.1, -0.05) is 6.07 Å². The zero-order valence-electron chi connectivity index (χ0n) is 12.6. The van der Waals surface area contributed by atoms with E-state index >= 15 is 0 Å². The van der Waals surface area contributed by atoms with Crippen LogP contribution in [0.5, 0.6) is 11.5 Å². The summed E-state index contributed by atoms with van der Waals surface area (Å²) >= 11 is 5.26. The van der Waals surface area contributed by atoms with E-state index in [0.717, 1.165) is 5.56 Å². The van der Waals surface area contributed by atoms with Crippen molar-refractivity contribution in [3.63, 3.8) is 0 Å². The lowest BCUT2D eigenvalue weighted by Gasteiger charge is -2.15. The third-order valence-electron chi connectivity index (χ3n) is 3.10. The van der Waals surface area contributed by atoms with E-state index < -0.39 is 0 Å². The number of aryl methyl sites for hydroxylation is 1. The third kappa shape index (κ3) is 3.85. The molecule has 6 heteroatoms. The molecule has 0 saturated heterocycles. The Morgan fingerprint density at radius 1 is 1.00 bits per heavy atom. The van der Waals surface area contributed by atoms with Crippen molar-refractivity contribution in [3.8, 4) is 11.5 Å². The fourth-order valence-corrected chi connectivity index (χ4v) is 2.13. The van der Waals surface area contributed by atoms with Gasteiger partial charge in [0, 0.05) is 11.8 Å². The molecule has 0 atom stereocenters. The molecule has 4 nitrogen and oxygen atoms in total. The lowest BCUT2D eigenvalue weighted by molar-refractivity contribution is 0.395. The zero-order chi connectivity index (χ0) is 16.1. The number of hydrogen-bond donors (Lipinski definition) is 2. The van der Waals surface area contributed by atoms with Crippen molar-refractivity contribution in [2.75, 3.05) is 24.9 Å². The van der Waals surface area contributed by atoms with E-state index in [1.807, 2.05) is 6.92 Å². The van der Waals surface area contributed by atoms with Crippen LogP contribution in [0.1, 0.15) is 5.56 Å². The molecule has 0 unspecified atom stereocenters. The topological polar surface area (TPSA) is 42.5 Å². The first-order chi connectivity index (χ1) is 10.5. The maximum absolute atomic E-state index is 13.3. The highest BCUT2D eigenvalue weighted by Crippen LogP contribution is 2.29. The van der Waals surface area contributed by atoms with E-state index in [1.54, 1.807) is 38.5 Å². The number of methoxy groups -OCH3 is 2. The molecule has 0 heterocycles. The summed E-state index contributed by atoms with van der Waals surface area (Å²) in [6.45, 7) is 1.87. The predicted octanol–water partition coefficient (Wildman–Crippen LogP) is 3.96. The average molecular weight is 320 g/mol. The lowest BCUT2D eigenvalue weighted by Crippen LogP contribution is -2.20. The second-order valence-electron chi connectivity index (χ2n) is 4.60. The van der Waals surface area contributed by atoms with E-state index in [-0.39, 0.29) is 5.82 Å². The van der Waals surface area contributed by atoms with Crippen LogP contribution in [0.4, 0.5) is 15.8 Å².